The number of hydrogen-bond donors (Lipinski definition) is 1. The van der Waals surface area contributed by atoms with Crippen molar-refractivity contribution in [2.75, 3.05) is 0 Å². The highest BCUT2D eigenvalue weighted by Gasteiger charge is 2.15. The van der Waals surface area contributed by atoms with Crippen molar-refractivity contribution in [3.63, 3.8) is 0 Å². The second kappa shape index (κ2) is 3.48. The van der Waals surface area contributed by atoms with Crippen LogP contribution in [-0.2, 0) is 0 Å². The standard InChI is InChI=1S/C10H11N3O3/c1-6(2)10-11-8-4-3-7(13(15)16)5-9(8)12(10)14/h3-6,14H,1-2H3. The van der Waals surface area contributed by atoms with Gasteiger partial charge in [-0.05, 0) is 6.07 Å². The van der Waals surface area contributed by atoms with E-state index in [0.717, 1.165) is 4.73 Å². The molecule has 0 fully saturated rings. The minimum absolute atomic E-state index is 0.0523. The molecule has 0 saturated carbocycles. The molecule has 16 heavy (non-hydrogen) atoms. The lowest BCUT2D eigenvalue weighted by Gasteiger charge is -2.02. The van der Waals surface area contributed by atoms with E-state index in [1.807, 2.05) is 13.8 Å². The van der Waals surface area contributed by atoms with Gasteiger partial charge in [-0.15, -0.1) is 0 Å². The first-order valence-corrected chi connectivity index (χ1v) is 4.86. The third kappa shape index (κ3) is 1.48. The van der Waals surface area contributed by atoms with Crippen LogP contribution < -0.4 is 0 Å². The fraction of sp³-hybridized carbons (Fsp3) is 0.300. The van der Waals surface area contributed by atoms with Crippen LogP contribution in [0.5, 0.6) is 0 Å². The molecule has 0 atom stereocenters. The summed E-state index contributed by atoms with van der Waals surface area (Å²) in [7, 11) is 0. The average molecular weight is 221 g/mol. The number of fused-ring (bicyclic) bond motifs is 1. The molecular weight excluding hydrogens is 210 g/mol. The maximum Gasteiger partial charge on any atom is 0.271 e. The summed E-state index contributed by atoms with van der Waals surface area (Å²) in [5, 5.41) is 20.4. The number of imidazole rings is 1. The molecule has 2 aromatic rings. The fourth-order valence-corrected chi connectivity index (χ4v) is 1.56. The molecule has 2 rings (SSSR count). The zero-order valence-electron chi connectivity index (χ0n) is 8.91. The van der Waals surface area contributed by atoms with Crippen LogP contribution in [-0.4, -0.2) is 19.8 Å². The molecule has 0 amide bonds. The molecular formula is C10H11N3O3. The van der Waals surface area contributed by atoms with Gasteiger partial charge < -0.3 is 5.21 Å². The van der Waals surface area contributed by atoms with Crippen LogP contribution in [0.2, 0.25) is 0 Å². The summed E-state index contributed by atoms with van der Waals surface area (Å²) >= 11 is 0. The number of nitrogens with zero attached hydrogens (tertiary/aromatic N) is 3. The minimum Gasteiger partial charge on any atom is -0.427 e. The van der Waals surface area contributed by atoms with Crippen LogP contribution in [0, 0.1) is 10.1 Å². The molecule has 0 spiro atoms. The van der Waals surface area contributed by atoms with Crippen LogP contribution in [0.1, 0.15) is 25.6 Å². The highest BCUT2D eigenvalue weighted by atomic mass is 16.6. The normalized spacial score (nSPS) is 11.2. The summed E-state index contributed by atoms with van der Waals surface area (Å²) in [5.74, 6) is 0.548. The molecule has 1 N–H and O–H groups in total. The number of hydrogen-bond acceptors (Lipinski definition) is 4. The van der Waals surface area contributed by atoms with Crippen LogP contribution in [0.15, 0.2) is 18.2 Å². The molecule has 1 aromatic carbocycles. The summed E-state index contributed by atoms with van der Waals surface area (Å²) < 4.78 is 0.910. The number of rotatable bonds is 2. The Morgan fingerprint density at radius 2 is 2.19 bits per heavy atom. The number of aromatic nitrogens is 2. The lowest BCUT2D eigenvalue weighted by atomic mass is 10.2. The quantitative estimate of drug-likeness (QED) is 0.479. The van der Waals surface area contributed by atoms with E-state index >= 15 is 0 Å². The molecule has 0 saturated heterocycles. The lowest BCUT2D eigenvalue weighted by Crippen LogP contribution is -2.00. The largest absolute Gasteiger partial charge is 0.427 e. The lowest BCUT2D eigenvalue weighted by molar-refractivity contribution is -0.384. The van der Waals surface area contributed by atoms with E-state index in [4.69, 9.17) is 0 Å². The van der Waals surface area contributed by atoms with Gasteiger partial charge in [0.1, 0.15) is 11.3 Å². The second-order valence-corrected chi connectivity index (χ2v) is 3.87. The van der Waals surface area contributed by atoms with E-state index in [1.165, 1.54) is 18.2 Å². The van der Waals surface area contributed by atoms with E-state index in [2.05, 4.69) is 4.98 Å². The molecule has 0 unspecified atom stereocenters. The number of benzene rings is 1. The predicted molar refractivity (Wildman–Crippen MR) is 57.7 cm³/mol. The monoisotopic (exact) mass is 221 g/mol. The van der Waals surface area contributed by atoms with Gasteiger partial charge in [-0.25, -0.2) is 4.98 Å². The van der Waals surface area contributed by atoms with Crippen molar-refractivity contribution in [1.29, 1.82) is 0 Å². The third-order valence-electron chi connectivity index (χ3n) is 2.37. The molecule has 84 valence electrons. The van der Waals surface area contributed by atoms with Crippen molar-refractivity contribution in [1.82, 2.24) is 9.71 Å². The fourth-order valence-electron chi connectivity index (χ4n) is 1.56. The number of nitro groups is 1. The highest BCUT2D eigenvalue weighted by molar-refractivity contribution is 5.78. The van der Waals surface area contributed by atoms with Crippen molar-refractivity contribution in [3.8, 4) is 0 Å². The Balaban J connectivity index is 2.69. The van der Waals surface area contributed by atoms with Gasteiger partial charge in [-0.1, -0.05) is 13.8 Å². The highest BCUT2D eigenvalue weighted by Crippen LogP contribution is 2.23. The van der Waals surface area contributed by atoms with Gasteiger partial charge >= 0.3 is 0 Å². The molecule has 0 aliphatic rings. The topological polar surface area (TPSA) is 81.2 Å². The maximum atomic E-state index is 10.6. The Kier molecular flexibility index (Phi) is 2.26. The van der Waals surface area contributed by atoms with Crippen LogP contribution >= 0.6 is 0 Å². The molecule has 0 aliphatic heterocycles. The van der Waals surface area contributed by atoms with Crippen molar-refractivity contribution in [2.24, 2.45) is 0 Å². The van der Waals surface area contributed by atoms with Crippen LogP contribution in [0.25, 0.3) is 11.0 Å². The van der Waals surface area contributed by atoms with Gasteiger partial charge in [-0.3, -0.25) is 10.1 Å². The van der Waals surface area contributed by atoms with E-state index in [-0.39, 0.29) is 11.6 Å². The molecule has 1 heterocycles. The van der Waals surface area contributed by atoms with Gasteiger partial charge in [0.05, 0.1) is 10.4 Å². The first-order chi connectivity index (χ1) is 7.50. The van der Waals surface area contributed by atoms with Crippen molar-refractivity contribution >= 4 is 16.7 Å². The third-order valence-corrected chi connectivity index (χ3v) is 2.37. The smallest absolute Gasteiger partial charge is 0.271 e. The molecule has 6 nitrogen and oxygen atoms in total. The van der Waals surface area contributed by atoms with Gasteiger partial charge in [0.2, 0.25) is 0 Å². The Bertz CT molecular complexity index is 560. The first-order valence-electron chi connectivity index (χ1n) is 4.86. The predicted octanol–water partition coefficient (Wildman–Crippen LogP) is 2.31. The number of nitro benzene ring substituents is 1. The summed E-state index contributed by atoms with van der Waals surface area (Å²) in [4.78, 5) is 14.3. The minimum atomic E-state index is -0.499. The van der Waals surface area contributed by atoms with Crippen molar-refractivity contribution in [2.45, 2.75) is 19.8 Å². The summed E-state index contributed by atoms with van der Waals surface area (Å²) in [6, 6.07) is 4.22. The average Bonchev–Trinajstić information content (AvgIpc) is 2.56. The van der Waals surface area contributed by atoms with Crippen LogP contribution in [0.4, 0.5) is 5.69 Å². The molecule has 1 aromatic heterocycles. The van der Waals surface area contributed by atoms with Crippen molar-refractivity contribution < 1.29 is 10.1 Å². The Hall–Kier alpha value is -2.11. The van der Waals surface area contributed by atoms with E-state index in [1.54, 1.807) is 0 Å². The van der Waals surface area contributed by atoms with Gasteiger partial charge in [-0.2, -0.15) is 4.73 Å². The van der Waals surface area contributed by atoms with Gasteiger partial charge in [0, 0.05) is 18.1 Å². The summed E-state index contributed by atoms with van der Waals surface area (Å²) in [6.07, 6.45) is 0. The van der Waals surface area contributed by atoms with Gasteiger partial charge in [0.25, 0.3) is 5.69 Å². The van der Waals surface area contributed by atoms with E-state index in [0.29, 0.717) is 16.9 Å². The molecule has 0 bridgehead atoms. The Morgan fingerprint density at radius 1 is 1.50 bits per heavy atom. The zero-order chi connectivity index (χ0) is 11.9. The van der Waals surface area contributed by atoms with E-state index < -0.39 is 4.92 Å². The van der Waals surface area contributed by atoms with Gasteiger partial charge in [0.15, 0.2) is 0 Å². The zero-order valence-corrected chi connectivity index (χ0v) is 8.91. The molecule has 6 heteroatoms. The molecule has 0 radical (unpaired) electrons. The summed E-state index contributed by atoms with van der Waals surface area (Å²) in [5.41, 5.74) is 0.854. The Labute approximate surface area is 91.2 Å². The SMILES string of the molecule is CC(C)c1nc2ccc([N+](=O)[O-])cc2n1O. The van der Waals surface area contributed by atoms with Crippen molar-refractivity contribution in [3.05, 3.63) is 34.1 Å². The Morgan fingerprint density at radius 3 is 2.75 bits per heavy atom. The van der Waals surface area contributed by atoms with E-state index in [9.17, 15) is 15.3 Å². The number of non-ortho nitro benzene ring substituents is 1. The maximum absolute atomic E-state index is 10.6. The molecule has 0 aliphatic carbocycles. The van der Waals surface area contributed by atoms with Crippen LogP contribution in [0.3, 0.4) is 0 Å². The first kappa shape index (κ1) is 10.4. The summed E-state index contributed by atoms with van der Waals surface area (Å²) in [6.45, 7) is 3.78. The second-order valence-electron chi connectivity index (χ2n) is 3.87.